The van der Waals surface area contributed by atoms with E-state index < -0.39 is 0 Å². The number of hydrogen-bond acceptors (Lipinski definition) is 6. The minimum absolute atomic E-state index is 0.128. The van der Waals surface area contributed by atoms with Crippen LogP contribution in [0.25, 0.3) is 0 Å². The summed E-state index contributed by atoms with van der Waals surface area (Å²) in [4.78, 5) is 26.5. The number of anilines is 1. The van der Waals surface area contributed by atoms with Crippen molar-refractivity contribution in [1.29, 1.82) is 0 Å². The van der Waals surface area contributed by atoms with Crippen molar-refractivity contribution < 1.29 is 14.3 Å². The molecule has 0 atom stereocenters. The van der Waals surface area contributed by atoms with Gasteiger partial charge >= 0.3 is 5.97 Å². The van der Waals surface area contributed by atoms with Gasteiger partial charge in [-0.2, -0.15) is 5.10 Å². The fourth-order valence-corrected chi connectivity index (χ4v) is 5.48. The number of aromatic nitrogens is 2. The highest BCUT2D eigenvalue weighted by atomic mass is 79.9. The Morgan fingerprint density at radius 1 is 1.31 bits per heavy atom. The van der Waals surface area contributed by atoms with Crippen LogP contribution in [-0.4, -0.2) is 33.4 Å². The Balaban J connectivity index is 1.82. The van der Waals surface area contributed by atoms with E-state index in [0.717, 1.165) is 37.7 Å². The average molecular weight is 499 g/mol. The van der Waals surface area contributed by atoms with Gasteiger partial charge in [-0.3, -0.25) is 14.8 Å². The molecule has 0 radical (unpaired) electrons. The Kier molecular flexibility index (Phi) is 7.07. The molecule has 1 amide bonds. The minimum Gasteiger partial charge on any atom is -0.462 e. The first-order chi connectivity index (χ1) is 13.8. The van der Waals surface area contributed by atoms with Crippen LogP contribution in [0.5, 0.6) is 0 Å². The van der Waals surface area contributed by atoms with Crippen molar-refractivity contribution in [3.05, 3.63) is 31.9 Å². The second kappa shape index (κ2) is 9.36. The van der Waals surface area contributed by atoms with E-state index in [2.05, 4.69) is 31.7 Å². The zero-order valence-corrected chi connectivity index (χ0v) is 19.8. The Morgan fingerprint density at radius 3 is 2.69 bits per heavy atom. The lowest BCUT2D eigenvalue weighted by Gasteiger charge is -2.11. The van der Waals surface area contributed by atoms with Crippen molar-refractivity contribution in [3.63, 3.8) is 0 Å². The summed E-state index contributed by atoms with van der Waals surface area (Å²) in [5.74, 6) is -0.734. The van der Waals surface area contributed by atoms with Crippen LogP contribution in [0.15, 0.2) is 4.47 Å². The van der Waals surface area contributed by atoms with Crippen molar-refractivity contribution in [3.8, 4) is 0 Å². The Hall–Kier alpha value is -1.78. The quantitative estimate of drug-likeness (QED) is 0.374. The lowest BCUT2D eigenvalue weighted by Crippen LogP contribution is -2.35. The summed E-state index contributed by atoms with van der Waals surface area (Å²) in [7, 11) is 1.69. The molecular weight excluding hydrogens is 476 g/mol. The first-order valence-electron chi connectivity index (χ1n) is 9.46. The van der Waals surface area contributed by atoms with E-state index in [4.69, 9.17) is 17.0 Å². The molecule has 1 aliphatic carbocycles. The molecule has 0 aliphatic heterocycles. The third-order valence-electron chi connectivity index (χ3n) is 4.72. The maximum Gasteiger partial charge on any atom is 0.341 e. The van der Waals surface area contributed by atoms with Crippen LogP contribution >= 0.6 is 39.5 Å². The van der Waals surface area contributed by atoms with Gasteiger partial charge in [0.25, 0.3) is 5.91 Å². The van der Waals surface area contributed by atoms with Gasteiger partial charge in [0.05, 0.1) is 22.3 Å². The first kappa shape index (κ1) is 21.9. The van der Waals surface area contributed by atoms with Crippen molar-refractivity contribution in [2.75, 3.05) is 11.9 Å². The fraction of sp³-hybridized carbons (Fsp3) is 0.474. The van der Waals surface area contributed by atoms with Gasteiger partial charge in [-0.15, -0.1) is 11.3 Å². The van der Waals surface area contributed by atoms with Crippen molar-refractivity contribution in [2.45, 2.75) is 46.0 Å². The SMILES string of the molecule is CCOC(=O)c1c(NC(=S)NC(=O)c2c(Br)c(C)nn2C)sc2c1CCCCC2. The third-order valence-corrected chi connectivity index (χ3v) is 7.08. The molecule has 0 unspecified atom stereocenters. The number of carbonyl (C=O) groups is 2. The van der Waals surface area contributed by atoms with Crippen LogP contribution in [0.4, 0.5) is 5.00 Å². The summed E-state index contributed by atoms with van der Waals surface area (Å²) >= 11 is 10.2. The number of nitrogens with zero attached hydrogens (tertiary/aromatic N) is 2. The largest absolute Gasteiger partial charge is 0.462 e. The van der Waals surface area contributed by atoms with E-state index in [1.54, 1.807) is 14.0 Å². The standard InChI is InChI=1S/C19H23BrN4O3S2/c1-4-27-18(26)13-11-8-6-5-7-9-12(11)29-17(13)22-19(28)21-16(25)15-14(20)10(2)23-24(15)3/h4-9H2,1-3H3,(H2,21,22,25,28). The van der Waals surface area contributed by atoms with Gasteiger partial charge in [0.2, 0.25) is 0 Å². The number of thiophene rings is 1. The van der Waals surface area contributed by atoms with Gasteiger partial charge in [0.1, 0.15) is 10.7 Å². The molecule has 2 N–H and O–H groups in total. The van der Waals surface area contributed by atoms with E-state index in [1.807, 2.05) is 6.92 Å². The zero-order chi connectivity index (χ0) is 21.1. The molecule has 0 spiro atoms. The lowest BCUT2D eigenvalue weighted by molar-refractivity contribution is 0.0526. The molecule has 7 nitrogen and oxygen atoms in total. The normalized spacial score (nSPS) is 13.4. The number of thiocarbonyl (C=S) groups is 1. The number of fused-ring (bicyclic) bond motifs is 1. The maximum absolute atomic E-state index is 12.6. The molecule has 0 bridgehead atoms. The monoisotopic (exact) mass is 498 g/mol. The second-order valence-corrected chi connectivity index (χ2v) is 9.08. The predicted molar refractivity (Wildman–Crippen MR) is 121 cm³/mol. The topological polar surface area (TPSA) is 85.2 Å². The smallest absolute Gasteiger partial charge is 0.341 e. The van der Waals surface area contributed by atoms with Crippen LogP contribution in [0, 0.1) is 6.92 Å². The van der Waals surface area contributed by atoms with Crippen molar-refractivity contribution >= 4 is 61.5 Å². The fourth-order valence-electron chi connectivity index (χ4n) is 3.43. The number of halogens is 1. The summed E-state index contributed by atoms with van der Waals surface area (Å²) in [6.45, 7) is 3.90. The number of nitrogens with one attached hydrogen (secondary N) is 2. The molecule has 0 fully saturated rings. The van der Waals surface area contributed by atoms with Crippen molar-refractivity contribution in [2.24, 2.45) is 7.05 Å². The summed E-state index contributed by atoms with van der Waals surface area (Å²) in [6, 6.07) is 0. The molecule has 2 heterocycles. The number of ether oxygens (including phenoxy) is 1. The van der Waals surface area contributed by atoms with Crippen LogP contribution < -0.4 is 10.6 Å². The number of hydrogen-bond donors (Lipinski definition) is 2. The molecule has 0 aromatic carbocycles. The molecule has 156 valence electrons. The van der Waals surface area contributed by atoms with Crippen LogP contribution in [0.2, 0.25) is 0 Å². The molecule has 3 rings (SSSR count). The predicted octanol–water partition coefficient (Wildman–Crippen LogP) is 4.12. The minimum atomic E-state index is -0.381. The van der Waals surface area contributed by atoms with Gasteiger partial charge in [-0.25, -0.2) is 4.79 Å². The highest BCUT2D eigenvalue weighted by molar-refractivity contribution is 9.10. The van der Waals surface area contributed by atoms with E-state index in [1.165, 1.54) is 20.9 Å². The summed E-state index contributed by atoms with van der Waals surface area (Å²) in [5.41, 5.74) is 2.68. The maximum atomic E-state index is 12.6. The third kappa shape index (κ3) is 4.70. The molecule has 0 saturated heterocycles. The summed E-state index contributed by atoms with van der Waals surface area (Å²) in [5, 5.41) is 10.7. The average Bonchev–Trinajstić information content (AvgIpc) is 2.99. The van der Waals surface area contributed by atoms with Crippen LogP contribution in [0.3, 0.4) is 0 Å². The first-order valence-corrected chi connectivity index (χ1v) is 11.5. The second-order valence-electron chi connectivity index (χ2n) is 6.77. The number of aryl methyl sites for hydroxylation is 3. The zero-order valence-electron chi connectivity index (χ0n) is 16.6. The van der Waals surface area contributed by atoms with Gasteiger partial charge < -0.3 is 10.1 Å². The molecule has 2 aromatic rings. The molecule has 29 heavy (non-hydrogen) atoms. The van der Waals surface area contributed by atoms with E-state index in [0.29, 0.717) is 33.0 Å². The summed E-state index contributed by atoms with van der Waals surface area (Å²) in [6.07, 6.45) is 5.09. The molecule has 0 saturated carbocycles. The highest BCUT2D eigenvalue weighted by Gasteiger charge is 2.27. The number of rotatable bonds is 4. The highest BCUT2D eigenvalue weighted by Crippen LogP contribution is 2.38. The van der Waals surface area contributed by atoms with Gasteiger partial charge in [-0.05, 0) is 73.2 Å². The van der Waals surface area contributed by atoms with Gasteiger partial charge in [-0.1, -0.05) is 6.42 Å². The Morgan fingerprint density at radius 2 is 2.03 bits per heavy atom. The van der Waals surface area contributed by atoms with Crippen LogP contribution in [0.1, 0.15) is 63.2 Å². The Labute approximate surface area is 187 Å². The molecule has 10 heteroatoms. The van der Waals surface area contributed by atoms with Crippen molar-refractivity contribution in [1.82, 2.24) is 15.1 Å². The lowest BCUT2D eigenvalue weighted by atomic mass is 10.1. The van der Waals surface area contributed by atoms with E-state index in [-0.39, 0.29) is 17.0 Å². The molecule has 2 aromatic heterocycles. The van der Waals surface area contributed by atoms with E-state index in [9.17, 15) is 9.59 Å². The number of amides is 1. The molecule has 1 aliphatic rings. The Bertz CT molecular complexity index is 967. The van der Waals surface area contributed by atoms with Gasteiger partial charge in [0.15, 0.2) is 5.11 Å². The number of esters is 1. The molecular formula is C19H23BrN4O3S2. The van der Waals surface area contributed by atoms with Gasteiger partial charge in [0, 0.05) is 11.9 Å². The van der Waals surface area contributed by atoms with Crippen LogP contribution in [-0.2, 0) is 24.6 Å². The number of carbonyl (C=O) groups excluding carboxylic acids is 2. The van der Waals surface area contributed by atoms with E-state index >= 15 is 0 Å². The summed E-state index contributed by atoms with van der Waals surface area (Å²) < 4.78 is 7.39.